The van der Waals surface area contributed by atoms with Gasteiger partial charge in [-0.1, -0.05) is 0 Å². The van der Waals surface area contributed by atoms with E-state index in [0.29, 0.717) is 28.5 Å². The lowest BCUT2D eigenvalue weighted by Crippen LogP contribution is -2.21. The predicted molar refractivity (Wildman–Crippen MR) is 77.5 cm³/mol. The number of hydrogen-bond acceptors (Lipinski definition) is 4. The highest BCUT2D eigenvalue weighted by atomic mass is 16.5. The summed E-state index contributed by atoms with van der Waals surface area (Å²) >= 11 is 0. The number of methoxy groups -OCH3 is 1. The summed E-state index contributed by atoms with van der Waals surface area (Å²) in [6.07, 6.45) is 2.94. The summed E-state index contributed by atoms with van der Waals surface area (Å²) in [7, 11) is 1.50. The van der Waals surface area contributed by atoms with E-state index in [9.17, 15) is 14.4 Å². The van der Waals surface area contributed by atoms with Gasteiger partial charge in [0, 0.05) is 23.6 Å². The minimum Gasteiger partial charge on any atom is -0.497 e. The molecular formula is C15H13NO5. The number of rotatable bonds is 5. The van der Waals surface area contributed by atoms with Crippen LogP contribution in [-0.4, -0.2) is 29.0 Å². The first-order valence-corrected chi connectivity index (χ1v) is 6.13. The van der Waals surface area contributed by atoms with Gasteiger partial charge in [-0.05, 0) is 23.8 Å². The van der Waals surface area contributed by atoms with Gasteiger partial charge in [-0.3, -0.25) is 4.79 Å². The molecule has 21 heavy (non-hydrogen) atoms. The van der Waals surface area contributed by atoms with Crippen LogP contribution in [0.5, 0.6) is 5.75 Å². The molecule has 0 saturated carbocycles. The smallest absolute Gasteiger partial charge is 0.328 e. The molecule has 0 aliphatic carbocycles. The van der Waals surface area contributed by atoms with Gasteiger partial charge in [0.05, 0.1) is 19.2 Å². The zero-order valence-electron chi connectivity index (χ0n) is 11.3. The summed E-state index contributed by atoms with van der Waals surface area (Å²) in [6.45, 7) is -0.0780. The molecule has 2 aromatic rings. The number of pyridine rings is 1. The fourth-order valence-corrected chi connectivity index (χ4v) is 2.08. The molecule has 108 valence electrons. The van der Waals surface area contributed by atoms with Crippen LogP contribution in [-0.2, 0) is 16.1 Å². The molecule has 0 bridgehead atoms. The van der Waals surface area contributed by atoms with Gasteiger partial charge in [0.1, 0.15) is 12.0 Å². The Morgan fingerprint density at radius 1 is 1.38 bits per heavy atom. The number of aliphatic carboxylic acids is 1. The number of carbonyl (C=O) groups is 2. The molecule has 0 fully saturated rings. The third-order valence-electron chi connectivity index (χ3n) is 3.01. The van der Waals surface area contributed by atoms with Crippen LogP contribution in [0.4, 0.5) is 0 Å². The van der Waals surface area contributed by atoms with Crippen LogP contribution in [0.2, 0.25) is 0 Å². The van der Waals surface area contributed by atoms with Gasteiger partial charge >= 0.3 is 5.97 Å². The molecule has 0 aliphatic rings. The number of ether oxygens (including phenoxy) is 1. The maximum atomic E-state index is 12.1. The standard InChI is InChI=1S/C15H13NO5/c1-21-11-3-4-12-10(2-5-15(19)20)8-14(18)16(6-7-17)13(12)9-11/h2-5,7-9H,6H2,1H3,(H,19,20). The Kier molecular flexibility index (Phi) is 4.18. The molecule has 0 spiro atoms. The van der Waals surface area contributed by atoms with Crippen LogP contribution in [0.3, 0.4) is 0 Å². The lowest BCUT2D eigenvalue weighted by atomic mass is 10.1. The Balaban J connectivity index is 2.78. The molecule has 0 saturated heterocycles. The number of hydrogen-bond donors (Lipinski definition) is 1. The molecule has 2 rings (SSSR count). The Morgan fingerprint density at radius 2 is 2.14 bits per heavy atom. The maximum Gasteiger partial charge on any atom is 0.328 e. The van der Waals surface area contributed by atoms with Crippen molar-refractivity contribution in [3.05, 3.63) is 46.3 Å². The topological polar surface area (TPSA) is 85.6 Å². The molecule has 1 N–H and O–H groups in total. The number of fused-ring (bicyclic) bond motifs is 1. The normalized spacial score (nSPS) is 10.9. The van der Waals surface area contributed by atoms with Gasteiger partial charge in [0.25, 0.3) is 5.56 Å². The van der Waals surface area contributed by atoms with Crippen molar-refractivity contribution < 1.29 is 19.4 Å². The van der Waals surface area contributed by atoms with Crippen molar-refractivity contribution in [1.29, 1.82) is 0 Å². The molecule has 0 radical (unpaired) electrons. The first kappa shape index (κ1) is 14.5. The van der Waals surface area contributed by atoms with Crippen molar-refractivity contribution in [2.45, 2.75) is 6.54 Å². The quantitative estimate of drug-likeness (QED) is 0.662. The Bertz CT molecular complexity index is 788. The number of aromatic nitrogens is 1. The van der Waals surface area contributed by atoms with E-state index in [-0.39, 0.29) is 12.1 Å². The third-order valence-corrected chi connectivity index (χ3v) is 3.01. The van der Waals surface area contributed by atoms with Crippen LogP contribution >= 0.6 is 0 Å². The van der Waals surface area contributed by atoms with Crippen molar-refractivity contribution in [1.82, 2.24) is 4.57 Å². The van der Waals surface area contributed by atoms with E-state index >= 15 is 0 Å². The molecule has 1 aromatic carbocycles. The van der Waals surface area contributed by atoms with Gasteiger partial charge in [-0.15, -0.1) is 0 Å². The molecular weight excluding hydrogens is 274 g/mol. The van der Waals surface area contributed by atoms with E-state index in [1.807, 2.05) is 0 Å². The van der Waals surface area contributed by atoms with E-state index in [4.69, 9.17) is 9.84 Å². The number of aldehydes is 1. The lowest BCUT2D eigenvalue weighted by Gasteiger charge is -2.11. The lowest BCUT2D eigenvalue weighted by molar-refractivity contribution is -0.131. The van der Waals surface area contributed by atoms with Crippen molar-refractivity contribution in [3.8, 4) is 5.75 Å². The van der Waals surface area contributed by atoms with Crippen LogP contribution in [0.15, 0.2) is 35.1 Å². The number of benzene rings is 1. The zero-order chi connectivity index (χ0) is 15.4. The highest BCUT2D eigenvalue weighted by Crippen LogP contribution is 2.23. The minimum absolute atomic E-state index is 0.0780. The van der Waals surface area contributed by atoms with Crippen molar-refractivity contribution >= 4 is 29.2 Å². The van der Waals surface area contributed by atoms with Crippen LogP contribution in [0, 0.1) is 0 Å². The van der Waals surface area contributed by atoms with Gasteiger partial charge in [0.2, 0.25) is 0 Å². The van der Waals surface area contributed by atoms with E-state index in [1.165, 1.54) is 23.8 Å². The monoisotopic (exact) mass is 287 g/mol. The summed E-state index contributed by atoms with van der Waals surface area (Å²) < 4.78 is 6.43. The second-order valence-electron chi connectivity index (χ2n) is 4.27. The van der Waals surface area contributed by atoms with Crippen molar-refractivity contribution in [2.75, 3.05) is 7.11 Å². The molecule has 0 atom stereocenters. The largest absolute Gasteiger partial charge is 0.497 e. The molecule has 6 heteroatoms. The van der Waals surface area contributed by atoms with E-state index in [1.54, 1.807) is 18.2 Å². The van der Waals surface area contributed by atoms with E-state index in [2.05, 4.69) is 0 Å². The van der Waals surface area contributed by atoms with Crippen LogP contribution < -0.4 is 10.3 Å². The Morgan fingerprint density at radius 3 is 2.76 bits per heavy atom. The number of nitrogens with zero attached hydrogens (tertiary/aromatic N) is 1. The van der Waals surface area contributed by atoms with Gasteiger partial charge in [0.15, 0.2) is 0 Å². The summed E-state index contributed by atoms with van der Waals surface area (Å²) in [5.41, 5.74) is 0.606. The molecule has 0 unspecified atom stereocenters. The van der Waals surface area contributed by atoms with Crippen molar-refractivity contribution in [2.24, 2.45) is 0 Å². The molecule has 6 nitrogen and oxygen atoms in total. The van der Waals surface area contributed by atoms with Crippen LogP contribution in [0.1, 0.15) is 5.56 Å². The fourth-order valence-electron chi connectivity index (χ4n) is 2.08. The average Bonchev–Trinajstić information content (AvgIpc) is 2.47. The highest BCUT2D eigenvalue weighted by molar-refractivity contribution is 5.93. The molecule has 1 heterocycles. The second-order valence-corrected chi connectivity index (χ2v) is 4.27. The van der Waals surface area contributed by atoms with Gasteiger partial charge in [-0.25, -0.2) is 4.79 Å². The molecule has 1 aromatic heterocycles. The number of carbonyl (C=O) groups excluding carboxylic acids is 1. The van der Waals surface area contributed by atoms with Crippen molar-refractivity contribution in [3.63, 3.8) is 0 Å². The fraction of sp³-hybridized carbons (Fsp3) is 0.133. The SMILES string of the molecule is COc1ccc2c(C=CC(=O)O)cc(=O)n(CC=O)c2c1. The third kappa shape index (κ3) is 3.00. The molecule has 0 aliphatic heterocycles. The Labute approximate surface area is 119 Å². The highest BCUT2D eigenvalue weighted by Gasteiger charge is 2.08. The Hall–Kier alpha value is -2.89. The minimum atomic E-state index is -1.10. The van der Waals surface area contributed by atoms with E-state index < -0.39 is 5.97 Å². The van der Waals surface area contributed by atoms with E-state index in [0.717, 1.165) is 6.08 Å². The number of carboxylic acids is 1. The summed E-state index contributed by atoms with van der Waals surface area (Å²) in [6, 6.07) is 6.36. The first-order chi connectivity index (χ1) is 10.1. The zero-order valence-corrected chi connectivity index (χ0v) is 11.3. The molecule has 0 amide bonds. The summed E-state index contributed by atoms with van der Waals surface area (Å²) in [5.74, 6) is -0.561. The summed E-state index contributed by atoms with van der Waals surface area (Å²) in [5, 5.41) is 9.36. The van der Waals surface area contributed by atoms with Gasteiger partial charge < -0.3 is 19.2 Å². The summed E-state index contributed by atoms with van der Waals surface area (Å²) in [4.78, 5) is 33.4. The number of carboxylic acid groups (broad SMARTS) is 1. The maximum absolute atomic E-state index is 12.1. The average molecular weight is 287 g/mol. The first-order valence-electron chi connectivity index (χ1n) is 6.13. The van der Waals surface area contributed by atoms with Gasteiger partial charge in [-0.2, -0.15) is 0 Å². The van der Waals surface area contributed by atoms with Crippen LogP contribution in [0.25, 0.3) is 17.0 Å². The second kappa shape index (κ2) is 6.04. The predicted octanol–water partition coefficient (Wildman–Crippen LogP) is 1.31.